The van der Waals surface area contributed by atoms with Gasteiger partial charge in [-0.25, -0.2) is 13.4 Å². The van der Waals surface area contributed by atoms with Crippen LogP contribution in [-0.2, 0) is 29.4 Å². The Labute approximate surface area is 142 Å². The van der Waals surface area contributed by atoms with Crippen LogP contribution in [0.4, 0.5) is 5.69 Å². The third-order valence-corrected chi connectivity index (χ3v) is 4.52. The minimum atomic E-state index is -3.26. The van der Waals surface area contributed by atoms with E-state index in [9.17, 15) is 8.42 Å². The molecule has 0 fully saturated rings. The van der Waals surface area contributed by atoms with Gasteiger partial charge >= 0.3 is 0 Å². The number of benzene rings is 2. The van der Waals surface area contributed by atoms with E-state index in [1.54, 1.807) is 6.07 Å². The van der Waals surface area contributed by atoms with E-state index in [-0.39, 0.29) is 0 Å². The normalized spacial score (nSPS) is 11.8. The summed E-state index contributed by atoms with van der Waals surface area (Å²) in [4.78, 5) is 4.73. The lowest BCUT2D eigenvalue weighted by Crippen LogP contribution is -2.09. The van der Waals surface area contributed by atoms with Gasteiger partial charge in [0.25, 0.3) is 0 Å². The van der Waals surface area contributed by atoms with Gasteiger partial charge in [0.2, 0.25) is 10.0 Å². The second-order valence-corrected chi connectivity index (χ2v) is 7.58. The number of aromatic nitrogens is 2. The topological polar surface area (TPSA) is 64.0 Å². The molecule has 0 aliphatic carbocycles. The SMILES string of the molecule is CCn1c(CCc2cccc(NS(C)(=O)=O)c2)nc2ccccc21. The van der Waals surface area contributed by atoms with Crippen LogP contribution in [0.2, 0.25) is 0 Å². The van der Waals surface area contributed by atoms with Gasteiger partial charge in [-0.15, -0.1) is 0 Å². The van der Waals surface area contributed by atoms with Crippen LogP contribution in [0.1, 0.15) is 18.3 Å². The number of aryl methyl sites for hydroxylation is 3. The zero-order chi connectivity index (χ0) is 17.2. The number of imidazole rings is 1. The first kappa shape index (κ1) is 16.5. The highest BCUT2D eigenvalue weighted by atomic mass is 32.2. The van der Waals surface area contributed by atoms with Gasteiger partial charge in [-0.1, -0.05) is 24.3 Å². The molecule has 1 heterocycles. The molecule has 3 aromatic rings. The second-order valence-electron chi connectivity index (χ2n) is 5.84. The predicted molar refractivity (Wildman–Crippen MR) is 97.7 cm³/mol. The molecule has 0 radical (unpaired) electrons. The minimum Gasteiger partial charge on any atom is -0.328 e. The quantitative estimate of drug-likeness (QED) is 0.747. The Hall–Kier alpha value is -2.34. The molecule has 1 aromatic heterocycles. The summed E-state index contributed by atoms with van der Waals surface area (Å²) in [5.41, 5.74) is 3.85. The zero-order valence-corrected chi connectivity index (χ0v) is 14.7. The maximum atomic E-state index is 11.3. The maximum absolute atomic E-state index is 11.3. The number of fused-ring (bicyclic) bond motifs is 1. The van der Waals surface area contributed by atoms with Crippen molar-refractivity contribution in [1.82, 2.24) is 9.55 Å². The van der Waals surface area contributed by atoms with Crippen molar-refractivity contribution in [1.29, 1.82) is 0 Å². The third kappa shape index (κ3) is 3.76. The third-order valence-electron chi connectivity index (χ3n) is 3.92. The van der Waals surface area contributed by atoms with Crippen molar-refractivity contribution in [2.45, 2.75) is 26.3 Å². The summed E-state index contributed by atoms with van der Waals surface area (Å²) in [6.45, 7) is 3.00. The number of nitrogens with one attached hydrogen (secondary N) is 1. The Morgan fingerprint density at radius 2 is 1.88 bits per heavy atom. The first-order valence-corrected chi connectivity index (χ1v) is 9.86. The molecule has 0 saturated carbocycles. The Morgan fingerprint density at radius 1 is 1.08 bits per heavy atom. The monoisotopic (exact) mass is 343 g/mol. The lowest BCUT2D eigenvalue weighted by atomic mass is 10.1. The largest absolute Gasteiger partial charge is 0.328 e. The number of anilines is 1. The molecule has 0 atom stereocenters. The smallest absolute Gasteiger partial charge is 0.229 e. The summed E-state index contributed by atoms with van der Waals surface area (Å²) in [7, 11) is -3.26. The van der Waals surface area contributed by atoms with Gasteiger partial charge in [0.1, 0.15) is 5.82 Å². The highest BCUT2D eigenvalue weighted by molar-refractivity contribution is 7.92. The van der Waals surface area contributed by atoms with Crippen LogP contribution in [0.3, 0.4) is 0 Å². The molecule has 0 aliphatic heterocycles. The van der Waals surface area contributed by atoms with E-state index in [1.807, 2.05) is 36.4 Å². The fourth-order valence-electron chi connectivity index (χ4n) is 2.93. The Morgan fingerprint density at radius 3 is 2.62 bits per heavy atom. The van der Waals surface area contributed by atoms with E-state index in [4.69, 9.17) is 4.98 Å². The number of para-hydroxylation sites is 2. The molecule has 0 unspecified atom stereocenters. The summed E-state index contributed by atoms with van der Waals surface area (Å²) in [5.74, 6) is 1.06. The van der Waals surface area contributed by atoms with E-state index >= 15 is 0 Å². The molecule has 6 heteroatoms. The minimum absolute atomic E-state index is 0.596. The van der Waals surface area contributed by atoms with E-state index in [0.717, 1.165) is 48.1 Å². The zero-order valence-electron chi connectivity index (χ0n) is 13.9. The van der Waals surface area contributed by atoms with Crippen LogP contribution in [0.5, 0.6) is 0 Å². The van der Waals surface area contributed by atoms with Crippen molar-refractivity contribution >= 4 is 26.7 Å². The summed E-state index contributed by atoms with van der Waals surface area (Å²) < 4.78 is 27.4. The first-order valence-electron chi connectivity index (χ1n) is 7.97. The van der Waals surface area contributed by atoms with Crippen LogP contribution >= 0.6 is 0 Å². The van der Waals surface area contributed by atoms with Crippen molar-refractivity contribution in [2.24, 2.45) is 0 Å². The van der Waals surface area contributed by atoms with Gasteiger partial charge < -0.3 is 4.57 Å². The molecule has 2 aromatic carbocycles. The Balaban J connectivity index is 1.80. The lowest BCUT2D eigenvalue weighted by Gasteiger charge is -2.08. The Kier molecular flexibility index (Phi) is 4.57. The maximum Gasteiger partial charge on any atom is 0.229 e. The van der Waals surface area contributed by atoms with Gasteiger partial charge in [-0.05, 0) is 43.2 Å². The molecule has 5 nitrogen and oxygen atoms in total. The highest BCUT2D eigenvalue weighted by Gasteiger charge is 2.09. The van der Waals surface area contributed by atoms with Gasteiger partial charge in [0, 0.05) is 18.7 Å². The van der Waals surface area contributed by atoms with Crippen molar-refractivity contribution < 1.29 is 8.42 Å². The molecule has 0 saturated heterocycles. The number of rotatable bonds is 6. The van der Waals surface area contributed by atoms with Crippen LogP contribution in [0.15, 0.2) is 48.5 Å². The summed E-state index contributed by atoms with van der Waals surface area (Å²) in [6, 6.07) is 15.7. The molecular formula is C18H21N3O2S. The molecule has 24 heavy (non-hydrogen) atoms. The number of sulfonamides is 1. The molecule has 0 aliphatic rings. The van der Waals surface area contributed by atoms with E-state index in [2.05, 4.69) is 22.3 Å². The molecule has 3 rings (SSSR count). The molecule has 0 amide bonds. The summed E-state index contributed by atoms with van der Waals surface area (Å²) in [6.07, 6.45) is 2.77. The van der Waals surface area contributed by atoms with Gasteiger partial charge in [0.15, 0.2) is 0 Å². The van der Waals surface area contributed by atoms with E-state index in [1.165, 1.54) is 0 Å². The summed E-state index contributed by atoms with van der Waals surface area (Å²) in [5, 5.41) is 0. The van der Waals surface area contributed by atoms with Gasteiger partial charge in [-0.3, -0.25) is 4.72 Å². The average Bonchev–Trinajstić information content (AvgIpc) is 2.89. The van der Waals surface area contributed by atoms with Gasteiger partial charge in [0.05, 0.1) is 17.3 Å². The van der Waals surface area contributed by atoms with Crippen molar-refractivity contribution in [3.05, 3.63) is 59.9 Å². The highest BCUT2D eigenvalue weighted by Crippen LogP contribution is 2.18. The number of nitrogens with zero attached hydrogens (tertiary/aromatic N) is 2. The first-order chi connectivity index (χ1) is 11.5. The molecule has 126 valence electrons. The van der Waals surface area contributed by atoms with Crippen LogP contribution in [0.25, 0.3) is 11.0 Å². The second kappa shape index (κ2) is 6.65. The van der Waals surface area contributed by atoms with Crippen molar-refractivity contribution in [2.75, 3.05) is 11.0 Å². The lowest BCUT2D eigenvalue weighted by molar-refractivity contribution is 0.607. The predicted octanol–water partition coefficient (Wildman–Crippen LogP) is 3.21. The fourth-order valence-corrected chi connectivity index (χ4v) is 3.48. The average molecular weight is 343 g/mol. The van der Waals surface area contributed by atoms with E-state index < -0.39 is 10.0 Å². The fraction of sp³-hybridized carbons (Fsp3) is 0.278. The van der Waals surface area contributed by atoms with E-state index in [0.29, 0.717) is 5.69 Å². The molecular weight excluding hydrogens is 322 g/mol. The summed E-state index contributed by atoms with van der Waals surface area (Å²) >= 11 is 0. The van der Waals surface area contributed by atoms with Crippen molar-refractivity contribution in [3.8, 4) is 0 Å². The molecule has 1 N–H and O–H groups in total. The number of hydrogen-bond acceptors (Lipinski definition) is 3. The number of hydrogen-bond donors (Lipinski definition) is 1. The van der Waals surface area contributed by atoms with Gasteiger partial charge in [-0.2, -0.15) is 0 Å². The standard InChI is InChI=1S/C18H21N3O2S/c1-3-21-17-10-5-4-9-16(17)19-18(21)12-11-14-7-6-8-15(13-14)20-24(2,22)23/h4-10,13,20H,3,11-12H2,1-2H3. The molecule has 0 spiro atoms. The molecule has 0 bridgehead atoms. The Bertz CT molecular complexity index is 961. The van der Waals surface area contributed by atoms with Crippen LogP contribution < -0.4 is 4.72 Å². The van der Waals surface area contributed by atoms with Crippen LogP contribution in [-0.4, -0.2) is 24.2 Å². The van der Waals surface area contributed by atoms with Crippen LogP contribution in [0, 0.1) is 0 Å². The van der Waals surface area contributed by atoms with Crippen molar-refractivity contribution in [3.63, 3.8) is 0 Å².